The second-order valence-corrected chi connectivity index (χ2v) is 4.41. The van der Waals surface area contributed by atoms with Crippen LogP contribution in [-0.4, -0.2) is 23.0 Å². The Morgan fingerprint density at radius 1 is 1.11 bits per heavy atom. The van der Waals surface area contributed by atoms with Crippen LogP contribution in [0.2, 0.25) is 0 Å². The molecule has 1 unspecified atom stereocenters. The minimum Gasteiger partial charge on any atom is -0.393 e. The Labute approximate surface area is 113 Å². The van der Waals surface area contributed by atoms with E-state index in [1.807, 2.05) is 0 Å². The summed E-state index contributed by atoms with van der Waals surface area (Å²) in [6.07, 6.45) is 0.678. The van der Waals surface area contributed by atoms with Crippen LogP contribution in [0.4, 0.5) is 11.4 Å². The third-order valence-electron chi connectivity index (χ3n) is 2.56. The number of hydrogen-bond acceptors (Lipinski definition) is 3. The average Bonchev–Trinajstić information content (AvgIpc) is 2.38. The molecule has 0 saturated heterocycles. The molecule has 1 aromatic carbocycles. The lowest BCUT2D eigenvalue weighted by Crippen LogP contribution is -2.14. The molecule has 3 N–H and O–H groups in total. The van der Waals surface area contributed by atoms with Crippen molar-refractivity contribution < 1.29 is 14.7 Å². The van der Waals surface area contributed by atoms with E-state index < -0.39 is 6.10 Å². The van der Waals surface area contributed by atoms with Crippen LogP contribution in [0.1, 0.15) is 33.1 Å². The molecule has 0 spiro atoms. The number of carbonyl (C=O) groups excluding carboxylic acids is 2. The van der Waals surface area contributed by atoms with Gasteiger partial charge in [0.15, 0.2) is 0 Å². The Hall–Kier alpha value is -1.88. The van der Waals surface area contributed by atoms with Gasteiger partial charge in [-0.25, -0.2) is 0 Å². The lowest BCUT2D eigenvalue weighted by atomic mass is 10.2. The first-order valence-electron chi connectivity index (χ1n) is 6.39. The summed E-state index contributed by atoms with van der Waals surface area (Å²) in [5.41, 5.74) is 1.37. The molecule has 5 nitrogen and oxygen atoms in total. The Kier molecular flexibility index (Phi) is 6.02. The zero-order valence-electron chi connectivity index (χ0n) is 11.3. The van der Waals surface area contributed by atoms with Crippen molar-refractivity contribution in [2.45, 2.75) is 39.2 Å². The van der Waals surface area contributed by atoms with Gasteiger partial charge in [0.05, 0.1) is 6.10 Å². The third-order valence-corrected chi connectivity index (χ3v) is 2.56. The molecule has 5 heteroatoms. The van der Waals surface area contributed by atoms with Crippen molar-refractivity contribution in [1.29, 1.82) is 0 Å². The molecular weight excluding hydrogens is 244 g/mol. The summed E-state index contributed by atoms with van der Waals surface area (Å²) >= 11 is 0. The summed E-state index contributed by atoms with van der Waals surface area (Å²) < 4.78 is 0. The smallest absolute Gasteiger partial charge is 0.224 e. The molecule has 0 aliphatic rings. The van der Waals surface area contributed by atoms with Gasteiger partial charge >= 0.3 is 0 Å². The van der Waals surface area contributed by atoms with Gasteiger partial charge in [-0.1, -0.05) is 6.92 Å². The maximum absolute atomic E-state index is 11.5. The van der Waals surface area contributed by atoms with Gasteiger partial charge < -0.3 is 15.7 Å². The highest BCUT2D eigenvalue weighted by Gasteiger charge is 2.05. The maximum atomic E-state index is 11.5. The summed E-state index contributed by atoms with van der Waals surface area (Å²) in [5, 5.41) is 14.5. The molecule has 1 aromatic rings. The summed E-state index contributed by atoms with van der Waals surface area (Å²) in [4.78, 5) is 22.7. The molecule has 0 aromatic heterocycles. The van der Waals surface area contributed by atoms with E-state index in [4.69, 9.17) is 5.11 Å². The molecule has 19 heavy (non-hydrogen) atoms. The largest absolute Gasteiger partial charge is 0.393 e. The average molecular weight is 264 g/mol. The molecule has 0 aliphatic heterocycles. The van der Waals surface area contributed by atoms with Crippen LogP contribution in [0.3, 0.4) is 0 Å². The molecule has 0 radical (unpaired) electrons. The van der Waals surface area contributed by atoms with E-state index in [1.165, 1.54) is 0 Å². The highest BCUT2D eigenvalue weighted by atomic mass is 16.3. The van der Waals surface area contributed by atoms with Crippen molar-refractivity contribution in [3.63, 3.8) is 0 Å². The Morgan fingerprint density at radius 2 is 1.58 bits per heavy atom. The monoisotopic (exact) mass is 264 g/mol. The number of benzene rings is 1. The van der Waals surface area contributed by atoms with Crippen molar-refractivity contribution in [3.05, 3.63) is 24.3 Å². The van der Waals surface area contributed by atoms with Gasteiger partial charge in [-0.15, -0.1) is 0 Å². The minimum atomic E-state index is -0.475. The fraction of sp³-hybridized carbons (Fsp3) is 0.429. The number of rotatable bonds is 6. The number of amides is 2. The van der Waals surface area contributed by atoms with Gasteiger partial charge in [-0.05, 0) is 37.6 Å². The van der Waals surface area contributed by atoms with E-state index in [0.717, 1.165) is 0 Å². The topological polar surface area (TPSA) is 78.4 Å². The Morgan fingerprint density at radius 3 is 2.00 bits per heavy atom. The number of anilines is 2. The normalized spacial score (nSPS) is 11.7. The second-order valence-electron chi connectivity index (χ2n) is 4.41. The van der Waals surface area contributed by atoms with Crippen LogP contribution < -0.4 is 10.6 Å². The van der Waals surface area contributed by atoms with Crippen molar-refractivity contribution in [2.24, 2.45) is 0 Å². The quantitative estimate of drug-likeness (QED) is 0.736. The maximum Gasteiger partial charge on any atom is 0.224 e. The van der Waals surface area contributed by atoms with Gasteiger partial charge in [0.2, 0.25) is 11.8 Å². The van der Waals surface area contributed by atoms with Gasteiger partial charge in [0.1, 0.15) is 0 Å². The fourth-order valence-electron chi connectivity index (χ4n) is 1.45. The van der Waals surface area contributed by atoms with Crippen molar-refractivity contribution in [2.75, 3.05) is 10.6 Å². The van der Waals surface area contributed by atoms with Crippen LogP contribution in [0.25, 0.3) is 0 Å². The number of aliphatic hydroxyl groups is 1. The van der Waals surface area contributed by atoms with Crippen LogP contribution in [0.5, 0.6) is 0 Å². The number of nitrogens with one attached hydrogen (secondary N) is 2. The first-order valence-corrected chi connectivity index (χ1v) is 6.39. The Balaban J connectivity index is 2.47. The van der Waals surface area contributed by atoms with Crippen LogP contribution >= 0.6 is 0 Å². The van der Waals surface area contributed by atoms with Crippen molar-refractivity contribution in [3.8, 4) is 0 Å². The van der Waals surface area contributed by atoms with Gasteiger partial charge in [0, 0.05) is 24.2 Å². The van der Waals surface area contributed by atoms with Gasteiger partial charge in [0.25, 0.3) is 0 Å². The molecule has 104 valence electrons. The van der Waals surface area contributed by atoms with E-state index in [2.05, 4.69) is 10.6 Å². The highest BCUT2D eigenvalue weighted by Crippen LogP contribution is 2.14. The van der Waals surface area contributed by atoms with Crippen LogP contribution in [0, 0.1) is 0 Å². The summed E-state index contributed by atoms with van der Waals surface area (Å²) in [5.74, 6) is -0.181. The molecule has 0 fully saturated rings. The van der Waals surface area contributed by atoms with Gasteiger partial charge in [-0.3, -0.25) is 9.59 Å². The molecule has 1 atom stereocenters. The molecular formula is C14H20N2O3. The van der Waals surface area contributed by atoms with Crippen molar-refractivity contribution in [1.82, 2.24) is 0 Å². The van der Waals surface area contributed by atoms with E-state index in [9.17, 15) is 9.59 Å². The third kappa shape index (κ3) is 6.01. The zero-order valence-corrected chi connectivity index (χ0v) is 11.3. The standard InChI is InChI=1S/C14H20N2O3/c1-3-13(18)15-11-5-7-12(8-6-11)16-14(19)9-4-10(2)17/h5-8,10,17H,3-4,9H2,1-2H3,(H,15,18)(H,16,19). The molecule has 2 amide bonds. The minimum absolute atomic E-state index is 0.0475. The number of aliphatic hydroxyl groups excluding tert-OH is 1. The fourth-order valence-corrected chi connectivity index (χ4v) is 1.45. The number of carbonyl (C=O) groups is 2. The predicted octanol–water partition coefficient (Wildman–Crippen LogP) is 2.13. The lowest BCUT2D eigenvalue weighted by Gasteiger charge is -2.08. The van der Waals surface area contributed by atoms with E-state index in [1.54, 1.807) is 38.1 Å². The highest BCUT2D eigenvalue weighted by molar-refractivity contribution is 5.92. The first kappa shape index (κ1) is 15.2. The summed E-state index contributed by atoms with van der Waals surface area (Å²) in [7, 11) is 0. The predicted molar refractivity (Wildman–Crippen MR) is 74.9 cm³/mol. The Bertz CT molecular complexity index is 427. The van der Waals surface area contributed by atoms with Crippen LogP contribution in [-0.2, 0) is 9.59 Å². The molecule has 0 saturated carbocycles. The van der Waals surface area contributed by atoms with E-state index >= 15 is 0 Å². The van der Waals surface area contributed by atoms with E-state index in [-0.39, 0.29) is 18.2 Å². The zero-order chi connectivity index (χ0) is 14.3. The SMILES string of the molecule is CCC(=O)Nc1ccc(NC(=O)CCC(C)O)cc1. The summed E-state index contributed by atoms with van der Waals surface area (Å²) in [6.45, 7) is 3.44. The number of hydrogen-bond donors (Lipinski definition) is 3. The second kappa shape index (κ2) is 7.53. The van der Waals surface area contributed by atoms with Gasteiger partial charge in [-0.2, -0.15) is 0 Å². The molecule has 0 aliphatic carbocycles. The molecule has 0 bridgehead atoms. The van der Waals surface area contributed by atoms with E-state index in [0.29, 0.717) is 24.2 Å². The van der Waals surface area contributed by atoms with Crippen molar-refractivity contribution >= 4 is 23.2 Å². The summed E-state index contributed by atoms with van der Waals surface area (Å²) in [6, 6.07) is 6.92. The molecule has 1 rings (SSSR count). The first-order chi connectivity index (χ1) is 9.01. The van der Waals surface area contributed by atoms with Crippen LogP contribution in [0.15, 0.2) is 24.3 Å². The molecule has 0 heterocycles. The lowest BCUT2D eigenvalue weighted by molar-refractivity contribution is -0.117.